The number of aromatic nitrogens is 1. The zero-order valence-corrected chi connectivity index (χ0v) is 17.5. The first-order valence-electron chi connectivity index (χ1n) is 10.5. The average Bonchev–Trinajstić information content (AvgIpc) is 3.49. The fourth-order valence-electron chi connectivity index (χ4n) is 5.00. The van der Waals surface area contributed by atoms with Crippen LogP contribution in [0.2, 0.25) is 0 Å². The van der Waals surface area contributed by atoms with Crippen LogP contribution in [0.4, 0.5) is 0 Å². The minimum absolute atomic E-state index is 1.07. The van der Waals surface area contributed by atoms with Crippen LogP contribution in [0.1, 0.15) is 32.8 Å². The van der Waals surface area contributed by atoms with E-state index in [1.807, 2.05) is 0 Å². The SMILES string of the molecule is c1ccc(C2=C3C(=C(c4nc5ccccc5s4)c4ccccc43)c3ccccc32)cc1. The number of rotatable bonds is 2. The number of benzene rings is 4. The summed E-state index contributed by atoms with van der Waals surface area (Å²) in [5, 5.41) is 1.10. The van der Waals surface area contributed by atoms with Gasteiger partial charge in [0.25, 0.3) is 0 Å². The Morgan fingerprint density at radius 2 is 0.968 bits per heavy atom. The first kappa shape index (κ1) is 17.0. The van der Waals surface area contributed by atoms with Crippen molar-refractivity contribution in [3.63, 3.8) is 0 Å². The lowest BCUT2D eigenvalue weighted by Gasteiger charge is -2.10. The van der Waals surface area contributed by atoms with E-state index in [2.05, 4.69) is 103 Å². The van der Waals surface area contributed by atoms with Crippen LogP contribution in [0.15, 0.2) is 103 Å². The third-order valence-corrected chi connectivity index (χ3v) is 7.31. The van der Waals surface area contributed by atoms with Crippen molar-refractivity contribution in [2.75, 3.05) is 0 Å². The van der Waals surface area contributed by atoms with E-state index >= 15 is 0 Å². The number of hydrogen-bond donors (Lipinski definition) is 0. The molecular formula is C29H17NS. The molecule has 1 nitrogen and oxygen atoms in total. The Kier molecular flexibility index (Phi) is 3.49. The third kappa shape index (κ3) is 2.34. The van der Waals surface area contributed by atoms with Crippen molar-refractivity contribution in [1.82, 2.24) is 4.98 Å². The molecule has 0 spiro atoms. The summed E-state index contributed by atoms with van der Waals surface area (Å²) in [7, 11) is 0. The quantitative estimate of drug-likeness (QED) is 0.292. The van der Waals surface area contributed by atoms with Crippen molar-refractivity contribution in [1.29, 1.82) is 0 Å². The molecular weight excluding hydrogens is 394 g/mol. The highest BCUT2D eigenvalue weighted by Gasteiger charge is 2.37. The van der Waals surface area contributed by atoms with Crippen LogP contribution < -0.4 is 0 Å². The molecule has 0 aliphatic heterocycles. The van der Waals surface area contributed by atoms with Crippen LogP contribution in [-0.4, -0.2) is 4.98 Å². The standard InChI is InChI=1S/C29H17NS/c1-2-10-18(11-3-1)25-19-12-4-5-13-20(19)27-26(25)21-14-6-7-15-22(21)28(27)29-30-23-16-8-9-17-24(23)31-29/h1-17H. The number of fused-ring (bicyclic) bond motifs is 6. The van der Waals surface area contributed by atoms with Crippen molar-refractivity contribution < 1.29 is 0 Å². The summed E-state index contributed by atoms with van der Waals surface area (Å²) >= 11 is 1.79. The molecule has 0 radical (unpaired) electrons. The summed E-state index contributed by atoms with van der Waals surface area (Å²) in [6, 6.07) is 36.8. The topological polar surface area (TPSA) is 12.9 Å². The van der Waals surface area contributed by atoms with Gasteiger partial charge in [0.2, 0.25) is 0 Å². The van der Waals surface area contributed by atoms with E-state index in [9.17, 15) is 0 Å². The van der Waals surface area contributed by atoms with Gasteiger partial charge in [0.1, 0.15) is 5.01 Å². The predicted octanol–water partition coefficient (Wildman–Crippen LogP) is 7.54. The molecule has 0 fully saturated rings. The summed E-state index contributed by atoms with van der Waals surface area (Å²) in [4.78, 5) is 5.06. The highest BCUT2D eigenvalue weighted by Crippen LogP contribution is 2.58. The van der Waals surface area contributed by atoms with Gasteiger partial charge in [-0.2, -0.15) is 0 Å². The summed E-state index contributed by atoms with van der Waals surface area (Å²) in [5.74, 6) is 0. The Morgan fingerprint density at radius 1 is 0.452 bits per heavy atom. The first-order chi connectivity index (χ1) is 15.4. The molecule has 0 unspecified atom stereocenters. The maximum Gasteiger partial charge on any atom is 0.125 e. The van der Waals surface area contributed by atoms with E-state index in [4.69, 9.17) is 4.98 Å². The van der Waals surface area contributed by atoms with Gasteiger partial charge in [-0.25, -0.2) is 4.98 Å². The Morgan fingerprint density at radius 3 is 1.65 bits per heavy atom. The van der Waals surface area contributed by atoms with Gasteiger partial charge in [0.15, 0.2) is 0 Å². The van der Waals surface area contributed by atoms with Crippen molar-refractivity contribution in [2.24, 2.45) is 0 Å². The van der Waals surface area contributed by atoms with Gasteiger partial charge in [0, 0.05) is 11.1 Å². The van der Waals surface area contributed by atoms with Gasteiger partial charge < -0.3 is 0 Å². The molecule has 1 aromatic heterocycles. The lowest BCUT2D eigenvalue weighted by atomic mass is 9.94. The molecule has 31 heavy (non-hydrogen) atoms. The molecule has 4 aromatic carbocycles. The molecule has 2 aliphatic rings. The molecule has 0 saturated heterocycles. The number of nitrogens with zero attached hydrogens (tertiary/aromatic N) is 1. The van der Waals surface area contributed by atoms with Crippen LogP contribution in [0.3, 0.4) is 0 Å². The van der Waals surface area contributed by atoms with Gasteiger partial charge in [-0.15, -0.1) is 11.3 Å². The summed E-state index contributed by atoms with van der Waals surface area (Å²) in [6.45, 7) is 0. The maximum atomic E-state index is 5.06. The van der Waals surface area contributed by atoms with Crippen LogP contribution in [0, 0.1) is 0 Å². The van der Waals surface area contributed by atoms with E-state index in [-0.39, 0.29) is 0 Å². The lowest BCUT2D eigenvalue weighted by molar-refractivity contribution is 1.43. The number of thiazole rings is 1. The predicted molar refractivity (Wildman–Crippen MR) is 131 cm³/mol. The molecule has 0 bridgehead atoms. The van der Waals surface area contributed by atoms with Gasteiger partial charge in [-0.1, -0.05) is 91.0 Å². The number of hydrogen-bond acceptors (Lipinski definition) is 2. The zero-order valence-electron chi connectivity index (χ0n) is 16.7. The van der Waals surface area contributed by atoms with Crippen LogP contribution in [0.5, 0.6) is 0 Å². The minimum atomic E-state index is 1.07. The van der Waals surface area contributed by atoms with E-state index in [1.54, 1.807) is 11.3 Å². The number of para-hydroxylation sites is 1. The molecule has 1 heterocycles. The highest BCUT2D eigenvalue weighted by atomic mass is 32.1. The molecule has 144 valence electrons. The largest absolute Gasteiger partial charge is 0.236 e. The van der Waals surface area contributed by atoms with Crippen LogP contribution >= 0.6 is 11.3 Å². The second-order valence-corrected chi connectivity index (χ2v) is 8.97. The van der Waals surface area contributed by atoms with Gasteiger partial charge in [-0.05, 0) is 51.1 Å². The highest BCUT2D eigenvalue weighted by molar-refractivity contribution is 7.19. The minimum Gasteiger partial charge on any atom is -0.236 e. The van der Waals surface area contributed by atoms with Crippen LogP contribution in [-0.2, 0) is 0 Å². The van der Waals surface area contributed by atoms with Crippen molar-refractivity contribution >= 4 is 43.8 Å². The maximum absolute atomic E-state index is 5.06. The molecule has 0 atom stereocenters. The summed E-state index contributed by atoms with van der Waals surface area (Å²) in [5.41, 5.74) is 12.8. The average molecular weight is 412 g/mol. The number of allylic oxidation sites excluding steroid dienone is 2. The second kappa shape index (κ2) is 6.37. The fourth-order valence-corrected chi connectivity index (χ4v) is 6.03. The Hall–Kier alpha value is -3.75. The smallest absolute Gasteiger partial charge is 0.125 e. The van der Waals surface area contributed by atoms with Crippen molar-refractivity contribution in [3.8, 4) is 0 Å². The lowest BCUT2D eigenvalue weighted by Crippen LogP contribution is -1.91. The molecule has 2 heteroatoms. The van der Waals surface area contributed by atoms with Crippen molar-refractivity contribution in [2.45, 2.75) is 0 Å². The molecule has 0 N–H and O–H groups in total. The van der Waals surface area contributed by atoms with E-state index in [0.717, 1.165) is 10.5 Å². The van der Waals surface area contributed by atoms with Gasteiger partial charge in [0.05, 0.1) is 10.2 Å². The van der Waals surface area contributed by atoms with E-state index in [0.29, 0.717) is 0 Å². The normalized spacial score (nSPS) is 14.2. The summed E-state index contributed by atoms with van der Waals surface area (Å²) in [6.07, 6.45) is 0. The van der Waals surface area contributed by atoms with Crippen molar-refractivity contribution in [3.05, 3.63) is 136 Å². The third-order valence-electron chi connectivity index (χ3n) is 6.25. The summed E-state index contributed by atoms with van der Waals surface area (Å²) < 4.78 is 1.23. The van der Waals surface area contributed by atoms with Gasteiger partial charge >= 0.3 is 0 Å². The molecule has 2 aliphatic carbocycles. The molecule has 7 rings (SSSR count). The Balaban J connectivity index is 1.63. The molecule has 5 aromatic rings. The Bertz CT molecular complexity index is 1530. The Labute approximate surface area is 184 Å². The van der Waals surface area contributed by atoms with E-state index < -0.39 is 0 Å². The first-order valence-corrected chi connectivity index (χ1v) is 11.3. The van der Waals surface area contributed by atoms with Gasteiger partial charge in [-0.3, -0.25) is 0 Å². The van der Waals surface area contributed by atoms with Crippen LogP contribution in [0.25, 0.3) is 32.5 Å². The fraction of sp³-hybridized carbons (Fsp3) is 0. The monoisotopic (exact) mass is 411 g/mol. The van der Waals surface area contributed by atoms with E-state index in [1.165, 1.54) is 54.8 Å². The molecule has 0 saturated carbocycles. The second-order valence-electron chi connectivity index (χ2n) is 7.94. The zero-order chi connectivity index (χ0) is 20.4. The molecule has 0 amide bonds.